The maximum absolute atomic E-state index is 13.7. The lowest BCUT2D eigenvalue weighted by molar-refractivity contribution is 0.605. The molecule has 0 spiro atoms. The highest BCUT2D eigenvalue weighted by Gasteiger charge is 2.04. The summed E-state index contributed by atoms with van der Waals surface area (Å²) in [5.74, 6) is 0.781. The van der Waals surface area contributed by atoms with Gasteiger partial charge >= 0.3 is 0 Å². The molecular formula is C15H22FIN4. The topological polar surface area (TPSA) is 60.2 Å². The third kappa shape index (κ3) is 7.27. The van der Waals surface area contributed by atoms with Crippen LogP contribution in [0.25, 0.3) is 0 Å². The zero-order chi connectivity index (χ0) is 15.0. The molecule has 0 fully saturated rings. The molecule has 2 N–H and O–H groups in total. The van der Waals surface area contributed by atoms with Crippen LogP contribution in [0.1, 0.15) is 31.9 Å². The van der Waals surface area contributed by atoms with E-state index in [0.717, 1.165) is 13.1 Å². The summed E-state index contributed by atoms with van der Waals surface area (Å²) in [4.78, 5) is 4.34. The van der Waals surface area contributed by atoms with E-state index >= 15 is 0 Å². The van der Waals surface area contributed by atoms with Gasteiger partial charge < -0.3 is 10.6 Å². The van der Waals surface area contributed by atoms with Gasteiger partial charge in [-0.25, -0.2) is 9.38 Å². The van der Waals surface area contributed by atoms with E-state index in [2.05, 4.69) is 29.5 Å². The normalized spacial score (nSPS) is 10.8. The van der Waals surface area contributed by atoms with Gasteiger partial charge in [0.05, 0.1) is 18.2 Å². The van der Waals surface area contributed by atoms with Gasteiger partial charge in [0, 0.05) is 18.7 Å². The molecule has 0 aliphatic heterocycles. The van der Waals surface area contributed by atoms with Crippen molar-refractivity contribution < 1.29 is 4.39 Å². The Hall–Kier alpha value is -1.36. The summed E-state index contributed by atoms with van der Waals surface area (Å²) in [6.45, 7) is 8.00. The highest BCUT2D eigenvalue weighted by Crippen LogP contribution is 2.10. The van der Waals surface area contributed by atoms with Crippen molar-refractivity contribution in [1.82, 2.24) is 10.6 Å². The largest absolute Gasteiger partial charge is 0.357 e. The first-order valence-corrected chi connectivity index (χ1v) is 6.77. The molecule has 0 unspecified atom stereocenters. The third-order valence-electron chi connectivity index (χ3n) is 2.61. The quantitative estimate of drug-likeness (QED) is 0.451. The molecule has 116 valence electrons. The van der Waals surface area contributed by atoms with Crippen LogP contribution in [0.5, 0.6) is 0 Å². The number of guanidine groups is 1. The molecule has 0 heterocycles. The molecule has 0 amide bonds. The molecule has 1 rings (SSSR count). The summed E-state index contributed by atoms with van der Waals surface area (Å²) in [5, 5.41) is 15.0. The number of hydrogen-bond donors (Lipinski definition) is 2. The monoisotopic (exact) mass is 404 g/mol. The molecule has 0 aromatic heterocycles. The molecule has 6 heteroatoms. The summed E-state index contributed by atoms with van der Waals surface area (Å²) in [6, 6.07) is 6.35. The van der Waals surface area contributed by atoms with Crippen molar-refractivity contribution in [3.63, 3.8) is 0 Å². The van der Waals surface area contributed by atoms with E-state index in [9.17, 15) is 4.39 Å². The lowest BCUT2D eigenvalue weighted by atomic mass is 10.1. The second-order valence-corrected chi connectivity index (χ2v) is 4.89. The SMILES string of the molecule is CCNC(=NCc1ccc(C#N)cc1F)NCC(C)C.I. The Bertz CT molecular complexity index is 509. The van der Waals surface area contributed by atoms with Crippen LogP contribution in [0.4, 0.5) is 4.39 Å². The predicted molar refractivity (Wildman–Crippen MR) is 94.2 cm³/mol. The molecule has 0 atom stereocenters. The van der Waals surface area contributed by atoms with E-state index in [1.165, 1.54) is 6.07 Å². The Morgan fingerprint density at radius 1 is 1.38 bits per heavy atom. The number of aliphatic imine (C=N–C) groups is 1. The molecular weight excluding hydrogens is 382 g/mol. The maximum atomic E-state index is 13.7. The summed E-state index contributed by atoms with van der Waals surface area (Å²) in [6.07, 6.45) is 0. The lowest BCUT2D eigenvalue weighted by Gasteiger charge is -2.13. The highest BCUT2D eigenvalue weighted by molar-refractivity contribution is 14.0. The molecule has 4 nitrogen and oxygen atoms in total. The second-order valence-electron chi connectivity index (χ2n) is 4.89. The Labute approximate surface area is 142 Å². The van der Waals surface area contributed by atoms with Gasteiger partial charge in [-0.05, 0) is 25.0 Å². The maximum Gasteiger partial charge on any atom is 0.191 e. The van der Waals surface area contributed by atoms with E-state index in [4.69, 9.17) is 5.26 Å². The van der Waals surface area contributed by atoms with Crippen molar-refractivity contribution in [2.24, 2.45) is 10.9 Å². The average molecular weight is 404 g/mol. The number of nitrogens with zero attached hydrogens (tertiary/aromatic N) is 2. The van der Waals surface area contributed by atoms with Crippen LogP contribution >= 0.6 is 24.0 Å². The third-order valence-corrected chi connectivity index (χ3v) is 2.61. The fourth-order valence-corrected chi connectivity index (χ4v) is 1.55. The van der Waals surface area contributed by atoms with E-state index in [1.807, 2.05) is 13.0 Å². The molecule has 0 radical (unpaired) electrons. The zero-order valence-corrected chi connectivity index (χ0v) is 14.9. The van der Waals surface area contributed by atoms with Gasteiger partial charge in [0.25, 0.3) is 0 Å². The van der Waals surface area contributed by atoms with Gasteiger partial charge in [-0.1, -0.05) is 19.9 Å². The van der Waals surface area contributed by atoms with Crippen molar-refractivity contribution in [2.75, 3.05) is 13.1 Å². The van der Waals surface area contributed by atoms with Gasteiger partial charge in [-0.15, -0.1) is 24.0 Å². The second kappa shape index (κ2) is 10.4. The number of benzene rings is 1. The standard InChI is InChI=1S/C15H21FN4.HI/c1-4-18-15(19-9-11(2)3)20-10-13-6-5-12(8-17)7-14(13)16;/h5-7,11H,4,9-10H2,1-3H3,(H2,18,19,20);1H. The van der Waals surface area contributed by atoms with Crippen LogP contribution in [0.2, 0.25) is 0 Å². The van der Waals surface area contributed by atoms with Crippen LogP contribution in [0.3, 0.4) is 0 Å². The molecule has 21 heavy (non-hydrogen) atoms. The first-order chi connectivity index (χ1) is 9.56. The van der Waals surface area contributed by atoms with Crippen LogP contribution < -0.4 is 10.6 Å². The number of halogens is 2. The van der Waals surface area contributed by atoms with Crippen LogP contribution in [-0.4, -0.2) is 19.0 Å². The molecule has 0 saturated carbocycles. The van der Waals surface area contributed by atoms with Crippen molar-refractivity contribution in [2.45, 2.75) is 27.3 Å². The van der Waals surface area contributed by atoms with Crippen molar-refractivity contribution in [1.29, 1.82) is 5.26 Å². The predicted octanol–water partition coefficient (Wildman–Crippen LogP) is 3.03. The molecule has 1 aromatic rings. The van der Waals surface area contributed by atoms with E-state index in [0.29, 0.717) is 23.0 Å². The molecule has 0 aliphatic carbocycles. The van der Waals surface area contributed by atoms with E-state index in [-0.39, 0.29) is 30.5 Å². The van der Waals surface area contributed by atoms with Crippen LogP contribution in [-0.2, 0) is 6.54 Å². The van der Waals surface area contributed by atoms with Gasteiger partial charge in [-0.3, -0.25) is 0 Å². The minimum Gasteiger partial charge on any atom is -0.357 e. The Morgan fingerprint density at radius 3 is 2.62 bits per heavy atom. The summed E-state index contributed by atoms with van der Waals surface area (Å²) < 4.78 is 13.7. The molecule has 0 saturated heterocycles. The van der Waals surface area contributed by atoms with Gasteiger partial charge in [0.1, 0.15) is 5.82 Å². The summed E-state index contributed by atoms with van der Waals surface area (Å²) >= 11 is 0. The van der Waals surface area contributed by atoms with Gasteiger partial charge in [0.2, 0.25) is 0 Å². The van der Waals surface area contributed by atoms with Gasteiger partial charge in [-0.2, -0.15) is 5.26 Å². The summed E-state index contributed by atoms with van der Waals surface area (Å²) in [7, 11) is 0. The fourth-order valence-electron chi connectivity index (χ4n) is 1.55. The van der Waals surface area contributed by atoms with E-state index in [1.54, 1.807) is 12.1 Å². The molecule has 0 aliphatic rings. The fraction of sp³-hybridized carbons (Fsp3) is 0.467. The number of rotatable bonds is 5. The number of nitrogens with one attached hydrogen (secondary N) is 2. The van der Waals surface area contributed by atoms with Crippen LogP contribution in [0, 0.1) is 23.1 Å². The van der Waals surface area contributed by atoms with Crippen LogP contribution in [0.15, 0.2) is 23.2 Å². The van der Waals surface area contributed by atoms with E-state index < -0.39 is 5.82 Å². The number of hydrogen-bond acceptors (Lipinski definition) is 2. The highest BCUT2D eigenvalue weighted by atomic mass is 127. The minimum absolute atomic E-state index is 0. The Balaban J connectivity index is 0.00000400. The molecule has 0 bridgehead atoms. The van der Waals surface area contributed by atoms with Crippen molar-refractivity contribution in [3.8, 4) is 6.07 Å². The number of nitriles is 1. The lowest BCUT2D eigenvalue weighted by Crippen LogP contribution is -2.39. The van der Waals surface area contributed by atoms with Crippen molar-refractivity contribution in [3.05, 3.63) is 35.1 Å². The Kier molecular flexibility index (Phi) is 9.71. The first-order valence-electron chi connectivity index (χ1n) is 6.77. The summed E-state index contributed by atoms with van der Waals surface area (Å²) in [5.41, 5.74) is 0.797. The van der Waals surface area contributed by atoms with Gasteiger partial charge in [0.15, 0.2) is 5.96 Å². The minimum atomic E-state index is -0.396. The first kappa shape index (κ1) is 19.6. The average Bonchev–Trinajstić information content (AvgIpc) is 2.42. The smallest absolute Gasteiger partial charge is 0.191 e. The Morgan fingerprint density at radius 2 is 2.10 bits per heavy atom. The molecule has 1 aromatic carbocycles. The zero-order valence-electron chi connectivity index (χ0n) is 12.6. The van der Waals surface area contributed by atoms with Crippen molar-refractivity contribution >= 4 is 29.9 Å².